The van der Waals surface area contributed by atoms with E-state index in [0.717, 1.165) is 0 Å². The molecule has 0 aliphatic rings. The predicted octanol–water partition coefficient (Wildman–Crippen LogP) is 1.89. The molecule has 0 aromatic heterocycles. The summed E-state index contributed by atoms with van der Waals surface area (Å²) in [6.07, 6.45) is 0. The fraction of sp³-hybridized carbons (Fsp3) is 0.533. The first kappa shape index (κ1) is 18.9. The molecule has 0 radical (unpaired) electrons. The number of carbonyl (C=O) groups excluding carboxylic acids is 1. The summed E-state index contributed by atoms with van der Waals surface area (Å²) in [4.78, 5) is 11.7. The molecule has 1 aromatic rings. The summed E-state index contributed by atoms with van der Waals surface area (Å²) in [7, 11) is 1.64. The van der Waals surface area contributed by atoms with Crippen LogP contribution in [0.2, 0.25) is 0 Å². The number of carbonyl (C=O) groups is 1. The highest BCUT2D eigenvalue weighted by atomic mass is 35.5. The molecule has 0 saturated carbocycles. The number of methoxy groups -OCH3 is 1. The minimum absolute atomic E-state index is 0. The van der Waals surface area contributed by atoms with Gasteiger partial charge in [-0.2, -0.15) is 0 Å². The first-order chi connectivity index (χ1) is 9.04. The van der Waals surface area contributed by atoms with E-state index in [-0.39, 0.29) is 18.3 Å². The van der Waals surface area contributed by atoms with Gasteiger partial charge in [0.2, 0.25) is 5.91 Å². The van der Waals surface area contributed by atoms with Crippen LogP contribution in [0.1, 0.15) is 22.3 Å². The average molecular weight is 301 g/mol. The largest absolute Gasteiger partial charge is 0.383 e. The third kappa shape index (κ3) is 6.37. The number of halogens is 1. The third-order valence-corrected chi connectivity index (χ3v) is 3.07. The Morgan fingerprint density at radius 2 is 1.80 bits per heavy atom. The van der Waals surface area contributed by atoms with E-state index in [9.17, 15) is 4.79 Å². The van der Waals surface area contributed by atoms with Gasteiger partial charge in [0.15, 0.2) is 0 Å². The molecule has 1 amide bonds. The van der Waals surface area contributed by atoms with Crippen LogP contribution < -0.4 is 10.6 Å². The van der Waals surface area contributed by atoms with Gasteiger partial charge in [0.1, 0.15) is 0 Å². The Morgan fingerprint density at radius 3 is 2.35 bits per heavy atom. The van der Waals surface area contributed by atoms with Gasteiger partial charge in [0, 0.05) is 20.2 Å². The topological polar surface area (TPSA) is 50.4 Å². The van der Waals surface area contributed by atoms with Crippen LogP contribution in [0.5, 0.6) is 0 Å². The minimum Gasteiger partial charge on any atom is -0.383 e. The molecule has 0 aliphatic carbocycles. The van der Waals surface area contributed by atoms with E-state index in [1.54, 1.807) is 7.11 Å². The lowest BCUT2D eigenvalue weighted by atomic mass is 10.00. The summed E-state index contributed by atoms with van der Waals surface area (Å²) in [5.74, 6) is 0.00970. The van der Waals surface area contributed by atoms with Crippen molar-refractivity contribution in [1.29, 1.82) is 0 Å². The standard InChI is InChI=1S/C15H24N2O2.ClH/c1-11-7-12(2)14(13(3)8-11)9-17-15(18)10-16-5-6-19-4;/h7-8,16H,5-6,9-10H2,1-4H3,(H,17,18);1H. The Morgan fingerprint density at radius 1 is 1.20 bits per heavy atom. The molecule has 0 bridgehead atoms. The molecule has 0 spiro atoms. The maximum absolute atomic E-state index is 11.7. The molecule has 114 valence electrons. The number of rotatable bonds is 7. The summed E-state index contributed by atoms with van der Waals surface area (Å²) < 4.78 is 4.90. The molecule has 20 heavy (non-hydrogen) atoms. The summed E-state index contributed by atoms with van der Waals surface area (Å²) in [5, 5.41) is 5.96. The molecule has 0 saturated heterocycles. The van der Waals surface area contributed by atoms with E-state index in [4.69, 9.17) is 4.74 Å². The molecule has 0 fully saturated rings. The van der Waals surface area contributed by atoms with E-state index in [1.807, 2.05) is 0 Å². The van der Waals surface area contributed by atoms with Crippen LogP contribution in [0.15, 0.2) is 12.1 Å². The maximum atomic E-state index is 11.7. The molecule has 0 aliphatic heterocycles. The fourth-order valence-electron chi connectivity index (χ4n) is 2.11. The van der Waals surface area contributed by atoms with Crippen LogP contribution in [0.3, 0.4) is 0 Å². The van der Waals surface area contributed by atoms with Crippen LogP contribution in [-0.4, -0.2) is 32.7 Å². The smallest absolute Gasteiger partial charge is 0.234 e. The molecule has 1 rings (SSSR count). The lowest BCUT2D eigenvalue weighted by Crippen LogP contribution is -2.35. The van der Waals surface area contributed by atoms with Crippen LogP contribution in [0, 0.1) is 20.8 Å². The Bertz CT molecular complexity index is 413. The number of hydrogen-bond acceptors (Lipinski definition) is 3. The first-order valence-corrected chi connectivity index (χ1v) is 6.57. The monoisotopic (exact) mass is 300 g/mol. The van der Waals surface area contributed by atoms with Gasteiger partial charge in [-0.15, -0.1) is 12.4 Å². The molecule has 4 nitrogen and oxygen atoms in total. The number of nitrogens with one attached hydrogen (secondary N) is 2. The quantitative estimate of drug-likeness (QED) is 0.756. The normalized spacial score (nSPS) is 10.0. The van der Waals surface area contributed by atoms with Crippen LogP contribution in [0.4, 0.5) is 0 Å². The van der Waals surface area contributed by atoms with E-state index < -0.39 is 0 Å². The predicted molar refractivity (Wildman–Crippen MR) is 84.5 cm³/mol. The Kier molecular flexibility index (Phi) is 9.21. The number of ether oxygens (including phenoxy) is 1. The summed E-state index contributed by atoms with van der Waals surface area (Å²) >= 11 is 0. The minimum atomic E-state index is 0. The second-order valence-electron chi connectivity index (χ2n) is 4.82. The first-order valence-electron chi connectivity index (χ1n) is 6.57. The molecule has 0 unspecified atom stereocenters. The number of aryl methyl sites for hydroxylation is 3. The molecule has 0 heterocycles. The zero-order valence-electron chi connectivity index (χ0n) is 12.7. The van der Waals surface area contributed by atoms with Crippen molar-refractivity contribution in [2.45, 2.75) is 27.3 Å². The van der Waals surface area contributed by atoms with Crippen molar-refractivity contribution in [1.82, 2.24) is 10.6 Å². The van der Waals surface area contributed by atoms with E-state index in [0.29, 0.717) is 26.2 Å². The number of benzene rings is 1. The second kappa shape index (κ2) is 9.75. The summed E-state index contributed by atoms with van der Waals surface area (Å²) in [6, 6.07) is 4.29. The highest BCUT2D eigenvalue weighted by molar-refractivity contribution is 5.85. The van der Waals surface area contributed by atoms with Gasteiger partial charge in [-0.25, -0.2) is 0 Å². The van der Waals surface area contributed by atoms with Crippen molar-refractivity contribution in [2.24, 2.45) is 0 Å². The number of hydrogen-bond donors (Lipinski definition) is 2. The van der Waals surface area contributed by atoms with Crippen molar-refractivity contribution in [3.63, 3.8) is 0 Å². The zero-order chi connectivity index (χ0) is 14.3. The van der Waals surface area contributed by atoms with Gasteiger partial charge in [-0.05, 0) is 37.5 Å². The van der Waals surface area contributed by atoms with Gasteiger partial charge in [0.25, 0.3) is 0 Å². The maximum Gasteiger partial charge on any atom is 0.234 e. The summed E-state index contributed by atoms with van der Waals surface area (Å²) in [5.41, 5.74) is 4.91. The van der Waals surface area contributed by atoms with Crippen molar-refractivity contribution in [3.05, 3.63) is 34.4 Å². The van der Waals surface area contributed by atoms with Gasteiger partial charge in [0.05, 0.1) is 13.2 Å². The Labute approximate surface area is 127 Å². The lowest BCUT2D eigenvalue weighted by molar-refractivity contribution is -0.120. The summed E-state index contributed by atoms with van der Waals surface area (Å²) in [6.45, 7) is 8.46. The third-order valence-electron chi connectivity index (χ3n) is 3.07. The highest BCUT2D eigenvalue weighted by Gasteiger charge is 2.06. The zero-order valence-corrected chi connectivity index (χ0v) is 13.5. The Hall–Kier alpha value is -1.10. The molecule has 5 heteroatoms. The van der Waals surface area contributed by atoms with Crippen LogP contribution in [0.25, 0.3) is 0 Å². The Balaban J connectivity index is 0.00000361. The van der Waals surface area contributed by atoms with E-state index >= 15 is 0 Å². The van der Waals surface area contributed by atoms with Crippen LogP contribution >= 0.6 is 12.4 Å². The molecular formula is C15H25ClN2O2. The van der Waals surface area contributed by atoms with E-state index in [1.165, 1.54) is 22.3 Å². The van der Waals surface area contributed by atoms with Crippen molar-refractivity contribution in [3.8, 4) is 0 Å². The van der Waals surface area contributed by atoms with Crippen molar-refractivity contribution in [2.75, 3.05) is 26.8 Å². The lowest BCUT2D eigenvalue weighted by Gasteiger charge is -2.12. The van der Waals surface area contributed by atoms with Gasteiger partial charge < -0.3 is 15.4 Å². The van der Waals surface area contributed by atoms with E-state index in [2.05, 4.69) is 43.5 Å². The molecule has 2 N–H and O–H groups in total. The fourth-order valence-corrected chi connectivity index (χ4v) is 2.11. The van der Waals surface area contributed by atoms with Gasteiger partial charge >= 0.3 is 0 Å². The molecule has 0 atom stereocenters. The van der Waals surface area contributed by atoms with Gasteiger partial charge in [-0.1, -0.05) is 17.7 Å². The molecule has 1 aromatic carbocycles. The van der Waals surface area contributed by atoms with Gasteiger partial charge in [-0.3, -0.25) is 4.79 Å². The number of amides is 1. The molecular weight excluding hydrogens is 276 g/mol. The second-order valence-corrected chi connectivity index (χ2v) is 4.82. The SMILES string of the molecule is COCCNCC(=O)NCc1c(C)cc(C)cc1C.Cl. The van der Waals surface area contributed by atoms with Crippen molar-refractivity contribution < 1.29 is 9.53 Å². The van der Waals surface area contributed by atoms with Crippen molar-refractivity contribution >= 4 is 18.3 Å². The van der Waals surface area contributed by atoms with Crippen LogP contribution in [-0.2, 0) is 16.1 Å². The average Bonchev–Trinajstić information content (AvgIpc) is 2.33. The highest BCUT2D eigenvalue weighted by Crippen LogP contribution is 2.15.